The Bertz CT molecular complexity index is 814. The Morgan fingerprint density at radius 3 is 2.33 bits per heavy atom. The quantitative estimate of drug-likeness (QED) is 0.721. The van der Waals surface area contributed by atoms with Gasteiger partial charge in [0, 0.05) is 24.0 Å². The third-order valence-electron chi connectivity index (χ3n) is 3.55. The second-order valence-electron chi connectivity index (χ2n) is 5.69. The first kappa shape index (κ1) is 15.9. The van der Waals surface area contributed by atoms with Crippen LogP contribution in [0.15, 0.2) is 54.6 Å². The second kappa shape index (κ2) is 7.08. The highest BCUT2D eigenvalue weighted by Crippen LogP contribution is 2.17. The molecule has 0 saturated carbocycles. The SMILES string of the molecule is Cc1ccc(CNc2cc(C)nc(Nc3ccc(F)cc3)n2)cc1. The van der Waals surface area contributed by atoms with Gasteiger partial charge in [-0.05, 0) is 43.7 Å². The fraction of sp³-hybridized carbons (Fsp3) is 0.158. The molecule has 0 spiro atoms. The second-order valence-corrected chi connectivity index (χ2v) is 5.69. The molecule has 0 saturated heterocycles. The Morgan fingerprint density at radius 1 is 0.917 bits per heavy atom. The Hall–Kier alpha value is -2.95. The zero-order chi connectivity index (χ0) is 16.9. The molecule has 0 fully saturated rings. The Balaban J connectivity index is 1.71. The number of hydrogen-bond acceptors (Lipinski definition) is 4. The first-order chi connectivity index (χ1) is 11.6. The van der Waals surface area contributed by atoms with Crippen molar-refractivity contribution in [3.05, 3.63) is 77.2 Å². The van der Waals surface area contributed by atoms with Crippen LogP contribution in [0.5, 0.6) is 0 Å². The van der Waals surface area contributed by atoms with E-state index in [2.05, 4.69) is 51.8 Å². The lowest BCUT2D eigenvalue weighted by Gasteiger charge is -2.10. The third-order valence-corrected chi connectivity index (χ3v) is 3.55. The number of nitrogens with one attached hydrogen (secondary N) is 2. The molecule has 3 rings (SSSR count). The van der Waals surface area contributed by atoms with Crippen molar-refractivity contribution >= 4 is 17.5 Å². The van der Waals surface area contributed by atoms with Crippen LogP contribution in [0.1, 0.15) is 16.8 Å². The zero-order valence-electron chi connectivity index (χ0n) is 13.7. The minimum absolute atomic E-state index is 0.272. The summed E-state index contributed by atoms with van der Waals surface area (Å²) >= 11 is 0. The Kier molecular flexibility index (Phi) is 4.70. The summed E-state index contributed by atoms with van der Waals surface area (Å²) in [5, 5.41) is 6.39. The van der Waals surface area contributed by atoms with Gasteiger partial charge in [-0.3, -0.25) is 0 Å². The van der Waals surface area contributed by atoms with Crippen LogP contribution in [0.4, 0.5) is 21.8 Å². The topological polar surface area (TPSA) is 49.8 Å². The molecule has 0 aliphatic carbocycles. The largest absolute Gasteiger partial charge is 0.366 e. The summed E-state index contributed by atoms with van der Waals surface area (Å²) in [5.41, 5.74) is 4.01. The van der Waals surface area contributed by atoms with E-state index in [1.54, 1.807) is 12.1 Å². The summed E-state index contributed by atoms with van der Waals surface area (Å²) < 4.78 is 13.0. The Labute approximate surface area is 140 Å². The predicted molar refractivity (Wildman–Crippen MR) is 95.0 cm³/mol. The van der Waals surface area contributed by atoms with Crippen LogP contribution in [0.2, 0.25) is 0 Å². The molecule has 2 aromatic carbocycles. The zero-order valence-corrected chi connectivity index (χ0v) is 13.7. The lowest BCUT2D eigenvalue weighted by Crippen LogP contribution is -2.05. The van der Waals surface area contributed by atoms with E-state index in [-0.39, 0.29) is 5.82 Å². The average Bonchev–Trinajstić information content (AvgIpc) is 2.56. The number of halogens is 1. The molecule has 0 bridgehead atoms. The smallest absolute Gasteiger partial charge is 0.229 e. The van der Waals surface area contributed by atoms with Crippen LogP contribution in [-0.4, -0.2) is 9.97 Å². The molecule has 122 valence electrons. The van der Waals surface area contributed by atoms with Gasteiger partial charge in [0.15, 0.2) is 0 Å². The van der Waals surface area contributed by atoms with Crippen molar-refractivity contribution in [3.8, 4) is 0 Å². The summed E-state index contributed by atoms with van der Waals surface area (Å²) in [6.07, 6.45) is 0. The number of nitrogens with zero attached hydrogens (tertiary/aromatic N) is 2. The van der Waals surface area contributed by atoms with Gasteiger partial charge in [0.1, 0.15) is 11.6 Å². The van der Waals surface area contributed by atoms with Crippen molar-refractivity contribution in [1.82, 2.24) is 9.97 Å². The molecule has 3 aromatic rings. The molecule has 0 radical (unpaired) electrons. The first-order valence-corrected chi connectivity index (χ1v) is 7.76. The lowest BCUT2D eigenvalue weighted by atomic mass is 10.1. The normalized spacial score (nSPS) is 10.5. The van der Waals surface area contributed by atoms with Crippen molar-refractivity contribution in [2.75, 3.05) is 10.6 Å². The van der Waals surface area contributed by atoms with Gasteiger partial charge in [-0.15, -0.1) is 0 Å². The molecule has 1 heterocycles. The van der Waals surface area contributed by atoms with Crippen molar-refractivity contribution in [3.63, 3.8) is 0 Å². The van der Waals surface area contributed by atoms with E-state index >= 15 is 0 Å². The van der Waals surface area contributed by atoms with E-state index < -0.39 is 0 Å². The van der Waals surface area contributed by atoms with E-state index in [0.29, 0.717) is 12.5 Å². The first-order valence-electron chi connectivity index (χ1n) is 7.76. The van der Waals surface area contributed by atoms with E-state index in [0.717, 1.165) is 17.2 Å². The van der Waals surface area contributed by atoms with Crippen LogP contribution >= 0.6 is 0 Å². The molecule has 0 aliphatic heterocycles. The molecule has 0 unspecified atom stereocenters. The number of anilines is 3. The van der Waals surface area contributed by atoms with Gasteiger partial charge in [-0.2, -0.15) is 4.98 Å². The number of aryl methyl sites for hydroxylation is 2. The molecule has 0 amide bonds. The van der Waals surface area contributed by atoms with Crippen molar-refractivity contribution in [2.24, 2.45) is 0 Å². The highest BCUT2D eigenvalue weighted by Gasteiger charge is 2.03. The number of hydrogen-bond donors (Lipinski definition) is 2. The summed E-state index contributed by atoms with van der Waals surface area (Å²) in [4.78, 5) is 8.82. The van der Waals surface area contributed by atoms with Crippen LogP contribution in [0.3, 0.4) is 0 Å². The van der Waals surface area contributed by atoms with Gasteiger partial charge >= 0.3 is 0 Å². The van der Waals surface area contributed by atoms with Gasteiger partial charge in [0.05, 0.1) is 0 Å². The fourth-order valence-electron chi connectivity index (χ4n) is 2.28. The van der Waals surface area contributed by atoms with Crippen LogP contribution in [0.25, 0.3) is 0 Å². The maximum atomic E-state index is 13.0. The van der Waals surface area contributed by atoms with E-state index in [9.17, 15) is 4.39 Å². The molecular weight excluding hydrogens is 303 g/mol. The van der Waals surface area contributed by atoms with Gasteiger partial charge in [0.2, 0.25) is 5.95 Å². The number of rotatable bonds is 5. The molecule has 1 aromatic heterocycles. The summed E-state index contributed by atoms with van der Waals surface area (Å²) in [6.45, 7) is 4.67. The third kappa shape index (κ3) is 4.29. The molecule has 0 aliphatic rings. The molecular formula is C19H19FN4. The van der Waals surface area contributed by atoms with Crippen LogP contribution < -0.4 is 10.6 Å². The fourth-order valence-corrected chi connectivity index (χ4v) is 2.28. The van der Waals surface area contributed by atoms with Crippen LogP contribution in [0, 0.1) is 19.7 Å². The summed E-state index contributed by atoms with van der Waals surface area (Å²) in [5.74, 6) is 0.951. The van der Waals surface area contributed by atoms with E-state index in [4.69, 9.17) is 0 Å². The molecule has 2 N–H and O–H groups in total. The number of aromatic nitrogens is 2. The summed E-state index contributed by atoms with van der Waals surface area (Å²) in [7, 11) is 0. The van der Waals surface area contributed by atoms with Crippen molar-refractivity contribution in [2.45, 2.75) is 20.4 Å². The van der Waals surface area contributed by atoms with Crippen molar-refractivity contribution in [1.29, 1.82) is 0 Å². The lowest BCUT2D eigenvalue weighted by molar-refractivity contribution is 0.628. The monoisotopic (exact) mass is 322 g/mol. The highest BCUT2D eigenvalue weighted by atomic mass is 19.1. The Morgan fingerprint density at radius 2 is 1.62 bits per heavy atom. The van der Waals surface area contributed by atoms with Gasteiger partial charge in [-0.25, -0.2) is 9.37 Å². The molecule has 5 heteroatoms. The van der Waals surface area contributed by atoms with Crippen molar-refractivity contribution < 1.29 is 4.39 Å². The van der Waals surface area contributed by atoms with Gasteiger partial charge in [-0.1, -0.05) is 29.8 Å². The predicted octanol–water partition coefficient (Wildman–Crippen LogP) is 4.59. The van der Waals surface area contributed by atoms with Gasteiger partial charge < -0.3 is 10.6 Å². The maximum Gasteiger partial charge on any atom is 0.229 e. The summed E-state index contributed by atoms with van der Waals surface area (Å²) in [6, 6.07) is 16.4. The standard InChI is InChI=1S/C19H19FN4/c1-13-3-5-15(6-4-13)12-21-18-11-14(2)22-19(24-18)23-17-9-7-16(20)8-10-17/h3-11H,12H2,1-2H3,(H2,21,22,23,24). The molecule has 24 heavy (non-hydrogen) atoms. The van der Waals surface area contributed by atoms with E-state index in [1.807, 2.05) is 13.0 Å². The maximum absolute atomic E-state index is 13.0. The number of benzene rings is 2. The minimum atomic E-state index is -0.272. The molecule has 4 nitrogen and oxygen atoms in total. The van der Waals surface area contributed by atoms with Crippen LogP contribution in [-0.2, 0) is 6.54 Å². The van der Waals surface area contributed by atoms with E-state index in [1.165, 1.54) is 23.3 Å². The van der Waals surface area contributed by atoms with Gasteiger partial charge in [0.25, 0.3) is 0 Å². The highest BCUT2D eigenvalue weighted by molar-refractivity contribution is 5.55. The minimum Gasteiger partial charge on any atom is -0.366 e. The molecule has 0 atom stereocenters. The average molecular weight is 322 g/mol.